The number of nitrogens with one attached hydrogen (secondary N) is 1. The van der Waals surface area contributed by atoms with Crippen molar-refractivity contribution in [1.29, 1.82) is 0 Å². The van der Waals surface area contributed by atoms with Crippen LogP contribution in [0.25, 0.3) is 0 Å². The highest BCUT2D eigenvalue weighted by Gasteiger charge is 2.28. The van der Waals surface area contributed by atoms with Gasteiger partial charge in [-0.15, -0.1) is 0 Å². The second-order valence-corrected chi connectivity index (χ2v) is 4.68. The molecular weight excluding hydrogens is 232 g/mol. The van der Waals surface area contributed by atoms with E-state index in [1.807, 2.05) is 18.2 Å². The number of hydrogen-bond donors (Lipinski definition) is 2. The Balaban J connectivity index is 1.89. The van der Waals surface area contributed by atoms with Crippen LogP contribution < -0.4 is 20.5 Å². The number of benzene rings is 1. The van der Waals surface area contributed by atoms with Gasteiger partial charge in [-0.05, 0) is 17.7 Å². The molecule has 5 heteroatoms. The Bertz CT molecular complexity index is 475. The van der Waals surface area contributed by atoms with Gasteiger partial charge in [0.25, 0.3) is 0 Å². The molecule has 2 aliphatic rings. The SMILES string of the molecule is NC1CNC(=O)CC1c1ccc2c(c1)OCCO2. The Labute approximate surface area is 105 Å². The largest absolute Gasteiger partial charge is 0.486 e. The molecular formula is C13H16N2O3. The van der Waals surface area contributed by atoms with E-state index in [1.54, 1.807) is 0 Å². The Morgan fingerprint density at radius 1 is 1.22 bits per heavy atom. The molecule has 2 atom stereocenters. The molecule has 2 aliphatic heterocycles. The van der Waals surface area contributed by atoms with Crippen molar-refractivity contribution < 1.29 is 14.3 Å². The van der Waals surface area contributed by atoms with E-state index in [1.165, 1.54) is 0 Å². The topological polar surface area (TPSA) is 73.6 Å². The summed E-state index contributed by atoms with van der Waals surface area (Å²) in [5.74, 6) is 1.61. The zero-order valence-electron chi connectivity index (χ0n) is 10.0. The molecule has 0 spiro atoms. The molecule has 3 N–H and O–H groups in total. The van der Waals surface area contributed by atoms with E-state index in [2.05, 4.69) is 5.32 Å². The number of carbonyl (C=O) groups excluding carboxylic acids is 1. The molecule has 1 fully saturated rings. The van der Waals surface area contributed by atoms with E-state index >= 15 is 0 Å². The first-order valence-electron chi connectivity index (χ1n) is 6.16. The van der Waals surface area contributed by atoms with Crippen LogP contribution in [0.4, 0.5) is 0 Å². The summed E-state index contributed by atoms with van der Waals surface area (Å²) in [5, 5.41) is 2.77. The van der Waals surface area contributed by atoms with Crippen molar-refractivity contribution in [2.75, 3.05) is 19.8 Å². The van der Waals surface area contributed by atoms with Crippen LogP contribution in [-0.2, 0) is 4.79 Å². The normalized spacial score (nSPS) is 26.6. The number of amides is 1. The molecule has 1 saturated heterocycles. The number of rotatable bonds is 1. The smallest absolute Gasteiger partial charge is 0.220 e. The molecule has 1 aromatic rings. The van der Waals surface area contributed by atoms with Crippen molar-refractivity contribution >= 4 is 5.91 Å². The van der Waals surface area contributed by atoms with Crippen molar-refractivity contribution in [1.82, 2.24) is 5.32 Å². The quantitative estimate of drug-likeness (QED) is 0.754. The van der Waals surface area contributed by atoms with Crippen LogP contribution >= 0.6 is 0 Å². The molecule has 0 aromatic heterocycles. The molecule has 1 amide bonds. The van der Waals surface area contributed by atoms with E-state index in [0.717, 1.165) is 17.1 Å². The minimum absolute atomic E-state index is 0.0505. The highest BCUT2D eigenvalue weighted by atomic mass is 16.6. The monoisotopic (exact) mass is 248 g/mol. The van der Waals surface area contributed by atoms with Gasteiger partial charge in [-0.1, -0.05) is 6.07 Å². The second kappa shape index (κ2) is 4.49. The average Bonchev–Trinajstić information content (AvgIpc) is 2.41. The standard InChI is InChI=1S/C13H16N2O3/c14-10-7-15-13(16)6-9(10)8-1-2-11-12(5-8)18-4-3-17-11/h1-2,5,9-10H,3-4,6-7,14H2,(H,15,16). The predicted octanol–water partition coefficient (Wildman–Crippen LogP) is 0.389. The van der Waals surface area contributed by atoms with Crippen LogP contribution in [0.1, 0.15) is 17.9 Å². The summed E-state index contributed by atoms with van der Waals surface area (Å²) >= 11 is 0. The highest BCUT2D eigenvalue weighted by Crippen LogP contribution is 2.35. The number of hydrogen-bond acceptors (Lipinski definition) is 4. The van der Waals surface area contributed by atoms with Gasteiger partial charge in [0.15, 0.2) is 11.5 Å². The lowest BCUT2D eigenvalue weighted by Gasteiger charge is -2.30. The van der Waals surface area contributed by atoms with Crippen LogP contribution in [0, 0.1) is 0 Å². The van der Waals surface area contributed by atoms with E-state index in [4.69, 9.17) is 15.2 Å². The first-order chi connectivity index (χ1) is 8.74. The molecule has 96 valence electrons. The van der Waals surface area contributed by atoms with Crippen LogP contribution in [0.2, 0.25) is 0 Å². The summed E-state index contributed by atoms with van der Waals surface area (Å²) in [6, 6.07) is 5.75. The number of fused-ring (bicyclic) bond motifs is 1. The van der Waals surface area contributed by atoms with E-state index in [0.29, 0.717) is 26.2 Å². The zero-order chi connectivity index (χ0) is 12.5. The Kier molecular flexibility index (Phi) is 2.83. The van der Waals surface area contributed by atoms with Crippen LogP contribution in [0.15, 0.2) is 18.2 Å². The van der Waals surface area contributed by atoms with Crippen molar-refractivity contribution in [3.8, 4) is 11.5 Å². The maximum atomic E-state index is 11.5. The first kappa shape index (κ1) is 11.3. The van der Waals surface area contributed by atoms with Crippen molar-refractivity contribution in [2.45, 2.75) is 18.4 Å². The van der Waals surface area contributed by atoms with Crippen molar-refractivity contribution in [2.24, 2.45) is 5.73 Å². The van der Waals surface area contributed by atoms with E-state index in [-0.39, 0.29) is 17.9 Å². The third-order valence-corrected chi connectivity index (χ3v) is 3.45. The number of ether oxygens (including phenoxy) is 2. The fourth-order valence-corrected chi connectivity index (χ4v) is 2.45. The van der Waals surface area contributed by atoms with E-state index in [9.17, 15) is 4.79 Å². The fraction of sp³-hybridized carbons (Fsp3) is 0.462. The molecule has 0 aliphatic carbocycles. The summed E-state index contributed by atoms with van der Waals surface area (Å²) in [7, 11) is 0. The second-order valence-electron chi connectivity index (χ2n) is 4.68. The maximum absolute atomic E-state index is 11.5. The lowest BCUT2D eigenvalue weighted by molar-refractivity contribution is -0.122. The predicted molar refractivity (Wildman–Crippen MR) is 65.8 cm³/mol. The lowest BCUT2D eigenvalue weighted by atomic mass is 9.86. The third-order valence-electron chi connectivity index (χ3n) is 3.45. The van der Waals surface area contributed by atoms with Gasteiger partial charge in [0.05, 0.1) is 0 Å². The minimum atomic E-state index is -0.0507. The van der Waals surface area contributed by atoms with Gasteiger partial charge in [-0.25, -0.2) is 0 Å². The van der Waals surface area contributed by atoms with Crippen LogP contribution in [-0.4, -0.2) is 31.7 Å². The lowest BCUT2D eigenvalue weighted by Crippen LogP contribution is -2.47. The summed E-state index contributed by atoms with van der Waals surface area (Å²) in [6.45, 7) is 1.67. The highest BCUT2D eigenvalue weighted by molar-refractivity contribution is 5.78. The maximum Gasteiger partial charge on any atom is 0.220 e. The molecule has 1 aromatic carbocycles. The number of carbonyl (C=O) groups is 1. The number of nitrogens with two attached hydrogens (primary N) is 1. The van der Waals surface area contributed by atoms with Gasteiger partial charge in [-0.2, -0.15) is 0 Å². The molecule has 0 bridgehead atoms. The fourth-order valence-electron chi connectivity index (χ4n) is 2.45. The van der Waals surface area contributed by atoms with Crippen LogP contribution in [0.3, 0.4) is 0 Å². The summed E-state index contributed by atoms with van der Waals surface area (Å²) in [4.78, 5) is 11.5. The van der Waals surface area contributed by atoms with Gasteiger partial charge in [0, 0.05) is 24.9 Å². The minimum Gasteiger partial charge on any atom is -0.486 e. The molecule has 3 rings (SSSR count). The molecule has 0 saturated carbocycles. The summed E-state index contributed by atoms with van der Waals surface area (Å²) in [5.41, 5.74) is 7.11. The van der Waals surface area contributed by atoms with Gasteiger partial charge in [0.2, 0.25) is 5.91 Å². The molecule has 5 nitrogen and oxygen atoms in total. The third kappa shape index (κ3) is 2.01. The van der Waals surface area contributed by atoms with Gasteiger partial charge >= 0.3 is 0 Å². The molecule has 0 radical (unpaired) electrons. The summed E-state index contributed by atoms with van der Waals surface area (Å²) < 4.78 is 11.0. The molecule has 2 unspecified atom stereocenters. The van der Waals surface area contributed by atoms with Crippen LogP contribution in [0.5, 0.6) is 11.5 Å². The van der Waals surface area contributed by atoms with Gasteiger partial charge in [0.1, 0.15) is 13.2 Å². The van der Waals surface area contributed by atoms with Gasteiger partial charge in [-0.3, -0.25) is 4.79 Å². The average molecular weight is 248 g/mol. The Morgan fingerprint density at radius 2 is 2.00 bits per heavy atom. The number of piperidine rings is 1. The van der Waals surface area contributed by atoms with E-state index < -0.39 is 0 Å². The molecule has 18 heavy (non-hydrogen) atoms. The summed E-state index contributed by atoms with van der Waals surface area (Å²) in [6.07, 6.45) is 0.431. The Morgan fingerprint density at radius 3 is 2.83 bits per heavy atom. The van der Waals surface area contributed by atoms with Crippen molar-refractivity contribution in [3.05, 3.63) is 23.8 Å². The zero-order valence-corrected chi connectivity index (χ0v) is 10.0. The Hall–Kier alpha value is -1.75. The first-order valence-corrected chi connectivity index (χ1v) is 6.16. The van der Waals surface area contributed by atoms with Crippen molar-refractivity contribution in [3.63, 3.8) is 0 Å². The molecule has 2 heterocycles. The van der Waals surface area contributed by atoms with Gasteiger partial charge < -0.3 is 20.5 Å².